The lowest BCUT2D eigenvalue weighted by atomic mass is 10.0. The maximum atomic E-state index is 12.6. The Morgan fingerprint density at radius 3 is 2.18 bits per heavy atom. The predicted octanol–water partition coefficient (Wildman–Crippen LogP) is 5.21. The summed E-state index contributed by atoms with van der Waals surface area (Å²) in [4.78, 5) is 24.9. The van der Waals surface area contributed by atoms with Gasteiger partial charge in [0.15, 0.2) is 0 Å². The van der Waals surface area contributed by atoms with E-state index >= 15 is 0 Å². The highest BCUT2D eigenvalue weighted by molar-refractivity contribution is 6.06. The summed E-state index contributed by atoms with van der Waals surface area (Å²) in [6.07, 6.45) is 2.09. The van der Waals surface area contributed by atoms with E-state index in [1.54, 1.807) is 12.1 Å². The Bertz CT molecular complexity index is 937. The van der Waals surface area contributed by atoms with Gasteiger partial charge in [0.05, 0.1) is 0 Å². The zero-order valence-electron chi connectivity index (χ0n) is 15.9. The summed E-state index contributed by atoms with van der Waals surface area (Å²) in [5, 5.41) is 5.82. The Balaban J connectivity index is 1.59. The molecule has 0 saturated heterocycles. The van der Waals surface area contributed by atoms with Crippen LogP contribution in [0.3, 0.4) is 0 Å². The number of hydrogen-bond donors (Lipinski definition) is 2. The van der Waals surface area contributed by atoms with Crippen LogP contribution < -0.4 is 10.6 Å². The first-order valence-electron chi connectivity index (χ1n) is 9.43. The molecule has 3 aromatic rings. The molecule has 0 spiro atoms. The summed E-state index contributed by atoms with van der Waals surface area (Å²) < 4.78 is 0. The van der Waals surface area contributed by atoms with Crippen LogP contribution in [0.5, 0.6) is 0 Å². The van der Waals surface area contributed by atoms with Crippen LogP contribution in [-0.2, 0) is 11.2 Å². The first-order chi connectivity index (χ1) is 13.6. The van der Waals surface area contributed by atoms with Gasteiger partial charge in [-0.25, -0.2) is 0 Å². The van der Waals surface area contributed by atoms with Crippen LogP contribution in [0.1, 0.15) is 34.3 Å². The van der Waals surface area contributed by atoms with Crippen LogP contribution >= 0.6 is 0 Å². The quantitative estimate of drug-likeness (QED) is 0.598. The molecule has 0 fully saturated rings. The fourth-order valence-electron chi connectivity index (χ4n) is 3.05. The molecule has 28 heavy (non-hydrogen) atoms. The molecule has 0 bridgehead atoms. The number of anilines is 2. The molecule has 4 nitrogen and oxygen atoms in total. The fourth-order valence-corrected chi connectivity index (χ4v) is 3.05. The summed E-state index contributed by atoms with van der Waals surface area (Å²) in [5.41, 5.74) is 3.94. The number of aryl methyl sites for hydroxylation is 1. The number of nitrogens with one attached hydrogen (secondary N) is 2. The van der Waals surface area contributed by atoms with Crippen molar-refractivity contribution in [2.24, 2.45) is 0 Å². The SMILES string of the molecule is Cc1c(NC(=O)CCCc2ccccc2)cccc1C(=O)Nc1ccccc1. The van der Waals surface area contributed by atoms with Gasteiger partial charge in [0.25, 0.3) is 5.91 Å². The molecule has 0 saturated carbocycles. The molecule has 2 amide bonds. The van der Waals surface area contributed by atoms with Crippen LogP contribution in [0.15, 0.2) is 78.9 Å². The Labute approximate surface area is 165 Å². The van der Waals surface area contributed by atoms with Crippen molar-refractivity contribution in [3.05, 3.63) is 95.6 Å². The van der Waals surface area contributed by atoms with Crippen molar-refractivity contribution in [3.63, 3.8) is 0 Å². The molecule has 142 valence electrons. The Kier molecular flexibility index (Phi) is 6.58. The van der Waals surface area contributed by atoms with Crippen molar-refractivity contribution in [1.82, 2.24) is 0 Å². The lowest BCUT2D eigenvalue weighted by Crippen LogP contribution is -2.16. The second-order valence-corrected chi connectivity index (χ2v) is 6.69. The predicted molar refractivity (Wildman–Crippen MR) is 114 cm³/mol. The van der Waals surface area contributed by atoms with Crippen molar-refractivity contribution in [1.29, 1.82) is 0 Å². The number of amides is 2. The third-order valence-corrected chi connectivity index (χ3v) is 4.60. The summed E-state index contributed by atoms with van der Waals surface area (Å²) >= 11 is 0. The van der Waals surface area contributed by atoms with E-state index in [1.165, 1.54) is 5.56 Å². The van der Waals surface area contributed by atoms with Gasteiger partial charge in [-0.15, -0.1) is 0 Å². The van der Waals surface area contributed by atoms with Crippen molar-refractivity contribution < 1.29 is 9.59 Å². The smallest absolute Gasteiger partial charge is 0.256 e. The van der Waals surface area contributed by atoms with Gasteiger partial charge in [-0.05, 0) is 55.2 Å². The Morgan fingerprint density at radius 2 is 1.46 bits per heavy atom. The van der Waals surface area contributed by atoms with Crippen LogP contribution in [0.25, 0.3) is 0 Å². The molecular formula is C24H24N2O2. The van der Waals surface area contributed by atoms with Crippen molar-refractivity contribution in [2.45, 2.75) is 26.2 Å². The molecule has 0 aliphatic rings. The lowest BCUT2D eigenvalue weighted by Gasteiger charge is -2.13. The topological polar surface area (TPSA) is 58.2 Å². The van der Waals surface area contributed by atoms with Crippen LogP contribution in [0.2, 0.25) is 0 Å². The number of carbonyl (C=O) groups excluding carboxylic acids is 2. The van der Waals surface area contributed by atoms with Gasteiger partial charge in [0.2, 0.25) is 5.91 Å². The summed E-state index contributed by atoms with van der Waals surface area (Å²) in [7, 11) is 0. The zero-order valence-corrected chi connectivity index (χ0v) is 15.9. The van der Waals surface area contributed by atoms with Gasteiger partial charge in [0.1, 0.15) is 0 Å². The minimum Gasteiger partial charge on any atom is -0.326 e. The largest absolute Gasteiger partial charge is 0.326 e. The molecule has 3 rings (SSSR count). The lowest BCUT2D eigenvalue weighted by molar-refractivity contribution is -0.116. The minimum absolute atomic E-state index is 0.0420. The summed E-state index contributed by atoms with van der Waals surface area (Å²) in [5.74, 6) is -0.233. The highest BCUT2D eigenvalue weighted by atomic mass is 16.2. The first-order valence-corrected chi connectivity index (χ1v) is 9.43. The number of rotatable bonds is 7. The second-order valence-electron chi connectivity index (χ2n) is 6.69. The number of benzene rings is 3. The summed E-state index contributed by atoms with van der Waals surface area (Å²) in [6.45, 7) is 1.85. The molecule has 0 aliphatic heterocycles. The zero-order chi connectivity index (χ0) is 19.8. The molecule has 0 aromatic heterocycles. The maximum absolute atomic E-state index is 12.6. The number of para-hydroxylation sites is 1. The molecule has 0 unspecified atom stereocenters. The van der Waals surface area contributed by atoms with E-state index in [9.17, 15) is 9.59 Å². The minimum atomic E-state index is -0.191. The standard InChI is InChI=1S/C24H24N2O2/c1-18-21(24(28)25-20-13-6-3-7-14-20)15-9-16-22(18)26-23(27)17-8-12-19-10-4-2-5-11-19/h2-7,9-11,13-16H,8,12,17H2,1H3,(H,25,28)(H,26,27). The van der Waals surface area contributed by atoms with Gasteiger partial charge < -0.3 is 10.6 Å². The van der Waals surface area contributed by atoms with E-state index in [-0.39, 0.29) is 11.8 Å². The van der Waals surface area contributed by atoms with Crippen molar-refractivity contribution in [2.75, 3.05) is 10.6 Å². The summed E-state index contributed by atoms with van der Waals surface area (Å²) in [6, 6.07) is 24.8. The third-order valence-electron chi connectivity index (χ3n) is 4.60. The average Bonchev–Trinajstić information content (AvgIpc) is 2.71. The van der Waals surface area contributed by atoms with Gasteiger partial charge in [-0.2, -0.15) is 0 Å². The van der Waals surface area contributed by atoms with Gasteiger partial charge >= 0.3 is 0 Å². The third kappa shape index (κ3) is 5.30. The van der Waals surface area contributed by atoms with E-state index in [1.807, 2.05) is 61.5 Å². The molecular weight excluding hydrogens is 348 g/mol. The van der Waals surface area contributed by atoms with Crippen molar-refractivity contribution in [3.8, 4) is 0 Å². The van der Waals surface area contributed by atoms with Crippen LogP contribution in [0, 0.1) is 6.92 Å². The van der Waals surface area contributed by atoms with E-state index in [4.69, 9.17) is 0 Å². The number of carbonyl (C=O) groups is 2. The number of hydrogen-bond acceptors (Lipinski definition) is 2. The molecule has 0 radical (unpaired) electrons. The molecule has 0 aliphatic carbocycles. The van der Waals surface area contributed by atoms with Crippen molar-refractivity contribution >= 4 is 23.2 Å². The van der Waals surface area contributed by atoms with Crippen LogP contribution in [0.4, 0.5) is 11.4 Å². The van der Waals surface area contributed by atoms with Gasteiger partial charge in [-0.3, -0.25) is 9.59 Å². The normalized spacial score (nSPS) is 10.3. The Morgan fingerprint density at radius 1 is 0.786 bits per heavy atom. The molecule has 4 heteroatoms. The van der Waals surface area contributed by atoms with Gasteiger partial charge in [0, 0.05) is 23.4 Å². The van der Waals surface area contributed by atoms with E-state index in [2.05, 4.69) is 22.8 Å². The molecule has 2 N–H and O–H groups in total. The molecule has 0 atom stereocenters. The second kappa shape index (κ2) is 9.51. The average molecular weight is 372 g/mol. The van der Waals surface area contributed by atoms with Crippen LogP contribution in [-0.4, -0.2) is 11.8 Å². The highest BCUT2D eigenvalue weighted by Crippen LogP contribution is 2.21. The fraction of sp³-hybridized carbons (Fsp3) is 0.167. The van der Waals surface area contributed by atoms with Gasteiger partial charge in [-0.1, -0.05) is 54.6 Å². The first kappa shape index (κ1) is 19.4. The maximum Gasteiger partial charge on any atom is 0.256 e. The Hall–Kier alpha value is -3.40. The monoisotopic (exact) mass is 372 g/mol. The van der Waals surface area contributed by atoms with E-state index in [0.29, 0.717) is 17.7 Å². The van der Waals surface area contributed by atoms with E-state index in [0.717, 1.165) is 24.1 Å². The highest BCUT2D eigenvalue weighted by Gasteiger charge is 2.13. The molecule has 3 aromatic carbocycles. The van der Waals surface area contributed by atoms with E-state index < -0.39 is 0 Å². The molecule has 0 heterocycles.